The number of anilines is 1. The SMILES string of the molecule is Cn1c(N2CCC[C@@H](C(=O)NCc3ccc(F)cc3)C2)nc2ccccc21. The van der Waals surface area contributed by atoms with Crippen molar-refractivity contribution in [3.8, 4) is 0 Å². The second kappa shape index (κ2) is 7.39. The molecule has 2 aromatic carbocycles. The van der Waals surface area contributed by atoms with Crippen molar-refractivity contribution in [1.29, 1.82) is 0 Å². The van der Waals surface area contributed by atoms with Crippen LogP contribution in [0.4, 0.5) is 10.3 Å². The predicted molar refractivity (Wildman–Crippen MR) is 104 cm³/mol. The maximum Gasteiger partial charge on any atom is 0.225 e. The van der Waals surface area contributed by atoms with Crippen LogP contribution in [0.3, 0.4) is 0 Å². The van der Waals surface area contributed by atoms with E-state index >= 15 is 0 Å². The molecule has 1 aromatic heterocycles. The molecule has 1 amide bonds. The van der Waals surface area contributed by atoms with Crippen LogP contribution >= 0.6 is 0 Å². The molecule has 1 saturated heterocycles. The second-order valence-corrected chi connectivity index (χ2v) is 7.09. The van der Waals surface area contributed by atoms with Crippen LogP contribution in [0.25, 0.3) is 11.0 Å². The molecule has 6 heteroatoms. The monoisotopic (exact) mass is 366 g/mol. The van der Waals surface area contributed by atoms with Crippen LogP contribution in [0.15, 0.2) is 48.5 Å². The first kappa shape index (κ1) is 17.5. The topological polar surface area (TPSA) is 50.2 Å². The van der Waals surface area contributed by atoms with Gasteiger partial charge in [-0.05, 0) is 42.7 Å². The summed E-state index contributed by atoms with van der Waals surface area (Å²) in [6.07, 6.45) is 1.83. The zero-order valence-corrected chi connectivity index (χ0v) is 15.4. The number of piperidine rings is 1. The third-order valence-electron chi connectivity index (χ3n) is 5.22. The van der Waals surface area contributed by atoms with E-state index < -0.39 is 0 Å². The van der Waals surface area contributed by atoms with E-state index in [1.165, 1.54) is 12.1 Å². The summed E-state index contributed by atoms with van der Waals surface area (Å²) in [6.45, 7) is 1.98. The number of hydrogen-bond acceptors (Lipinski definition) is 3. The number of fused-ring (bicyclic) bond motifs is 1. The summed E-state index contributed by atoms with van der Waals surface area (Å²) >= 11 is 0. The summed E-state index contributed by atoms with van der Waals surface area (Å²) in [7, 11) is 2.02. The highest BCUT2D eigenvalue weighted by molar-refractivity contribution is 5.81. The third kappa shape index (κ3) is 3.65. The van der Waals surface area contributed by atoms with Crippen LogP contribution in [0.1, 0.15) is 18.4 Å². The molecular weight excluding hydrogens is 343 g/mol. The number of aryl methyl sites for hydroxylation is 1. The number of para-hydroxylation sites is 2. The highest BCUT2D eigenvalue weighted by Crippen LogP contribution is 2.26. The van der Waals surface area contributed by atoms with Crippen molar-refractivity contribution in [1.82, 2.24) is 14.9 Å². The molecule has 0 bridgehead atoms. The first-order chi connectivity index (χ1) is 13.1. The molecule has 1 N–H and O–H groups in total. The zero-order valence-electron chi connectivity index (χ0n) is 15.4. The molecule has 1 fully saturated rings. The quantitative estimate of drug-likeness (QED) is 0.771. The minimum atomic E-state index is -0.268. The van der Waals surface area contributed by atoms with Crippen LogP contribution in [0.5, 0.6) is 0 Å². The van der Waals surface area contributed by atoms with Gasteiger partial charge >= 0.3 is 0 Å². The summed E-state index contributed by atoms with van der Waals surface area (Å²) in [5.74, 6) is 0.615. The molecule has 140 valence electrons. The molecule has 0 radical (unpaired) electrons. The predicted octanol–water partition coefficient (Wildman–Crippen LogP) is 3.25. The number of aromatic nitrogens is 2. The van der Waals surface area contributed by atoms with Gasteiger partial charge in [0.25, 0.3) is 0 Å². The maximum absolute atomic E-state index is 13.0. The molecule has 0 spiro atoms. The molecule has 1 aliphatic heterocycles. The Morgan fingerprint density at radius 2 is 2.00 bits per heavy atom. The molecule has 27 heavy (non-hydrogen) atoms. The summed E-state index contributed by atoms with van der Waals surface area (Å²) < 4.78 is 15.1. The fraction of sp³-hybridized carbons (Fsp3) is 0.333. The van der Waals surface area contributed by atoms with Crippen molar-refractivity contribution in [2.75, 3.05) is 18.0 Å². The maximum atomic E-state index is 13.0. The van der Waals surface area contributed by atoms with Crippen molar-refractivity contribution < 1.29 is 9.18 Å². The Morgan fingerprint density at radius 1 is 1.22 bits per heavy atom. The van der Waals surface area contributed by atoms with E-state index in [4.69, 9.17) is 4.98 Å². The minimum Gasteiger partial charge on any atom is -0.352 e. The molecule has 0 saturated carbocycles. The average molecular weight is 366 g/mol. The number of benzene rings is 2. The Labute approximate surface area is 157 Å². The lowest BCUT2D eigenvalue weighted by atomic mass is 9.97. The Kier molecular flexibility index (Phi) is 4.79. The van der Waals surface area contributed by atoms with Crippen molar-refractivity contribution in [3.05, 3.63) is 59.9 Å². The molecule has 1 atom stereocenters. The number of nitrogens with one attached hydrogen (secondary N) is 1. The van der Waals surface area contributed by atoms with Crippen LogP contribution in [-0.2, 0) is 18.4 Å². The Morgan fingerprint density at radius 3 is 2.78 bits per heavy atom. The fourth-order valence-electron chi connectivity index (χ4n) is 3.72. The number of imidazole rings is 1. The van der Waals surface area contributed by atoms with E-state index in [1.807, 2.05) is 25.2 Å². The van der Waals surface area contributed by atoms with Gasteiger partial charge in [0.2, 0.25) is 11.9 Å². The number of rotatable bonds is 4. The fourth-order valence-corrected chi connectivity index (χ4v) is 3.72. The number of hydrogen-bond donors (Lipinski definition) is 1. The highest BCUT2D eigenvalue weighted by Gasteiger charge is 2.28. The number of halogens is 1. The number of carbonyl (C=O) groups is 1. The summed E-state index contributed by atoms with van der Waals surface area (Å²) in [6, 6.07) is 14.3. The molecule has 3 aromatic rings. The van der Waals surface area contributed by atoms with Crippen LogP contribution in [0.2, 0.25) is 0 Å². The van der Waals surface area contributed by atoms with Crippen molar-refractivity contribution >= 4 is 22.9 Å². The van der Waals surface area contributed by atoms with Gasteiger partial charge in [0, 0.05) is 26.7 Å². The van der Waals surface area contributed by atoms with Gasteiger partial charge in [0.1, 0.15) is 5.82 Å². The average Bonchev–Trinajstić information content (AvgIpc) is 3.04. The van der Waals surface area contributed by atoms with Gasteiger partial charge in [-0.25, -0.2) is 9.37 Å². The summed E-state index contributed by atoms with van der Waals surface area (Å²) in [4.78, 5) is 19.6. The van der Waals surface area contributed by atoms with Crippen LogP contribution < -0.4 is 10.2 Å². The van der Waals surface area contributed by atoms with Crippen molar-refractivity contribution in [2.24, 2.45) is 13.0 Å². The number of nitrogens with zero attached hydrogens (tertiary/aromatic N) is 3. The van der Waals surface area contributed by atoms with E-state index in [1.54, 1.807) is 12.1 Å². The third-order valence-corrected chi connectivity index (χ3v) is 5.22. The Balaban J connectivity index is 1.43. The first-order valence-corrected chi connectivity index (χ1v) is 9.30. The Hall–Kier alpha value is -2.89. The van der Waals surface area contributed by atoms with Crippen LogP contribution in [0, 0.1) is 11.7 Å². The van der Waals surface area contributed by atoms with Gasteiger partial charge < -0.3 is 14.8 Å². The van der Waals surface area contributed by atoms with Gasteiger partial charge in [0.15, 0.2) is 0 Å². The minimum absolute atomic E-state index is 0.0442. The molecule has 0 unspecified atom stereocenters. The largest absolute Gasteiger partial charge is 0.352 e. The lowest BCUT2D eigenvalue weighted by molar-refractivity contribution is -0.125. The number of carbonyl (C=O) groups excluding carboxylic acids is 1. The van der Waals surface area contributed by atoms with E-state index in [2.05, 4.69) is 20.9 Å². The number of amides is 1. The second-order valence-electron chi connectivity index (χ2n) is 7.09. The van der Waals surface area contributed by atoms with E-state index in [0.29, 0.717) is 13.1 Å². The first-order valence-electron chi connectivity index (χ1n) is 9.30. The van der Waals surface area contributed by atoms with Crippen molar-refractivity contribution in [2.45, 2.75) is 19.4 Å². The van der Waals surface area contributed by atoms with Gasteiger partial charge in [-0.3, -0.25) is 4.79 Å². The normalized spacial score (nSPS) is 17.3. The summed E-state index contributed by atoms with van der Waals surface area (Å²) in [5.41, 5.74) is 2.96. The lowest BCUT2D eigenvalue weighted by Gasteiger charge is -2.32. The molecule has 4 rings (SSSR count). The molecule has 1 aliphatic rings. The highest BCUT2D eigenvalue weighted by atomic mass is 19.1. The smallest absolute Gasteiger partial charge is 0.225 e. The standard InChI is InChI=1S/C21H23FN4O/c1-25-19-7-3-2-6-18(19)24-21(25)26-12-4-5-16(14-26)20(27)23-13-15-8-10-17(22)11-9-15/h2-3,6-11,16H,4-5,12-14H2,1H3,(H,23,27)/t16-/m1/s1. The van der Waals surface area contributed by atoms with Gasteiger partial charge in [0.05, 0.1) is 17.0 Å². The van der Waals surface area contributed by atoms with Crippen LogP contribution in [-0.4, -0.2) is 28.5 Å². The van der Waals surface area contributed by atoms with E-state index in [0.717, 1.165) is 41.9 Å². The zero-order chi connectivity index (χ0) is 18.8. The summed E-state index contributed by atoms with van der Waals surface area (Å²) in [5, 5.41) is 2.99. The molecule has 0 aliphatic carbocycles. The van der Waals surface area contributed by atoms with Gasteiger partial charge in [-0.1, -0.05) is 24.3 Å². The molecule has 2 heterocycles. The van der Waals surface area contributed by atoms with Gasteiger partial charge in [-0.2, -0.15) is 0 Å². The van der Waals surface area contributed by atoms with E-state index in [9.17, 15) is 9.18 Å². The lowest BCUT2D eigenvalue weighted by Crippen LogP contribution is -2.43. The van der Waals surface area contributed by atoms with Crippen molar-refractivity contribution in [3.63, 3.8) is 0 Å². The molecular formula is C21H23FN4O. The van der Waals surface area contributed by atoms with Gasteiger partial charge in [-0.15, -0.1) is 0 Å². The Bertz CT molecular complexity index is 950. The molecule has 5 nitrogen and oxygen atoms in total. The van der Waals surface area contributed by atoms with E-state index in [-0.39, 0.29) is 17.6 Å².